The van der Waals surface area contributed by atoms with Crippen LogP contribution in [0.2, 0.25) is 0 Å². The lowest BCUT2D eigenvalue weighted by Gasteiger charge is -2.08. The number of carbonyl (C=O) groups excluding carboxylic acids is 4. The zero-order chi connectivity index (χ0) is 22.8. The minimum atomic E-state index is -0.504. The molecule has 162 valence electrons. The lowest BCUT2D eigenvalue weighted by Crippen LogP contribution is -2.16. The van der Waals surface area contributed by atoms with Gasteiger partial charge in [0.05, 0.1) is 12.2 Å². The molecule has 0 aliphatic carbocycles. The lowest BCUT2D eigenvalue weighted by molar-refractivity contribution is -0.114. The van der Waals surface area contributed by atoms with Crippen LogP contribution in [-0.2, 0) is 14.3 Å². The summed E-state index contributed by atoms with van der Waals surface area (Å²) in [7, 11) is 0. The molecule has 2 N–H and O–H groups in total. The Kier molecular flexibility index (Phi) is 8.69. The van der Waals surface area contributed by atoms with Crippen molar-refractivity contribution in [3.05, 3.63) is 71.3 Å². The third-order valence-corrected chi connectivity index (χ3v) is 4.35. The maximum atomic E-state index is 12.3. The molecule has 2 aromatic carbocycles. The van der Waals surface area contributed by atoms with Gasteiger partial charge in [-0.15, -0.1) is 0 Å². The Bertz CT molecular complexity index is 993. The molecule has 31 heavy (non-hydrogen) atoms. The van der Waals surface area contributed by atoms with Gasteiger partial charge < -0.3 is 15.4 Å². The fraction of sp³-hybridized carbons (Fsp3) is 0.250. The molecule has 0 saturated carbocycles. The predicted molar refractivity (Wildman–Crippen MR) is 119 cm³/mol. The van der Waals surface area contributed by atoms with Gasteiger partial charge in [-0.25, -0.2) is 4.79 Å². The van der Waals surface area contributed by atoms with Crippen LogP contribution >= 0.6 is 0 Å². The van der Waals surface area contributed by atoms with E-state index < -0.39 is 17.8 Å². The highest BCUT2D eigenvalue weighted by Crippen LogP contribution is 2.14. The minimum Gasteiger partial charge on any atom is -0.462 e. The second-order valence-electron chi connectivity index (χ2n) is 6.97. The van der Waals surface area contributed by atoms with E-state index in [4.69, 9.17) is 4.74 Å². The van der Waals surface area contributed by atoms with Crippen LogP contribution in [0, 0.1) is 0 Å². The van der Waals surface area contributed by atoms with E-state index in [1.54, 1.807) is 42.5 Å². The summed E-state index contributed by atoms with van der Waals surface area (Å²) in [5.74, 6) is -1.47. The van der Waals surface area contributed by atoms with Crippen LogP contribution < -0.4 is 10.6 Å². The van der Waals surface area contributed by atoms with Gasteiger partial charge in [0.15, 0.2) is 5.78 Å². The molecule has 7 heteroatoms. The molecular weight excluding hydrogens is 396 g/mol. The van der Waals surface area contributed by atoms with Crippen molar-refractivity contribution in [3.8, 4) is 0 Å². The Morgan fingerprint density at radius 3 is 2.26 bits per heavy atom. The summed E-state index contributed by atoms with van der Waals surface area (Å²) < 4.78 is 5.17. The summed E-state index contributed by atoms with van der Waals surface area (Å²) in [5, 5.41) is 5.30. The van der Waals surface area contributed by atoms with Gasteiger partial charge in [0.25, 0.3) is 5.91 Å². The van der Waals surface area contributed by atoms with E-state index in [-0.39, 0.29) is 11.4 Å². The maximum Gasteiger partial charge on any atom is 0.338 e. The highest BCUT2D eigenvalue weighted by atomic mass is 16.5. The first kappa shape index (κ1) is 23.5. The Hall–Kier alpha value is -3.74. The van der Waals surface area contributed by atoms with Gasteiger partial charge in [0.2, 0.25) is 5.91 Å². The summed E-state index contributed by atoms with van der Waals surface area (Å²) in [5.41, 5.74) is 2.00. The van der Waals surface area contributed by atoms with Crippen molar-refractivity contribution in [1.82, 2.24) is 0 Å². The fourth-order valence-electron chi connectivity index (χ4n) is 2.57. The molecule has 0 bridgehead atoms. The zero-order valence-corrected chi connectivity index (χ0v) is 17.9. The Balaban J connectivity index is 1.97. The van der Waals surface area contributed by atoms with Crippen LogP contribution in [0.1, 0.15) is 54.3 Å². The normalized spacial score (nSPS) is 10.9. The third kappa shape index (κ3) is 7.54. The van der Waals surface area contributed by atoms with Crippen molar-refractivity contribution in [2.24, 2.45) is 0 Å². The number of ether oxygens (including phenoxy) is 1. The monoisotopic (exact) mass is 422 g/mol. The number of hydrogen-bond acceptors (Lipinski definition) is 5. The van der Waals surface area contributed by atoms with Gasteiger partial charge in [-0.1, -0.05) is 19.4 Å². The molecule has 0 radical (unpaired) electrons. The molecule has 0 heterocycles. The first-order valence-electron chi connectivity index (χ1n) is 9.99. The van der Waals surface area contributed by atoms with Crippen LogP contribution in [0.15, 0.2) is 60.2 Å². The number of amides is 2. The Morgan fingerprint density at radius 2 is 1.61 bits per heavy atom. The van der Waals surface area contributed by atoms with Gasteiger partial charge in [-0.3, -0.25) is 14.4 Å². The van der Waals surface area contributed by atoms with Gasteiger partial charge >= 0.3 is 5.97 Å². The zero-order valence-electron chi connectivity index (χ0n) is 17.9. The molecule has 0 unspecified atom stereocenters. The number of esters is 1. The number of benzene rings is 2. The van der Waals surface area contributed by atoms with Crippen molar-refractivity contribution in [3.63, 3.8) is 0 Å². The van der Waals surface area contributed by atoms with Gasteiger partial charge in [0.1, 0.15) is 0 Å². The smallest absolute Gasteiger partial charge is 0.338 e. The van der Waals surface area contributed by atoms with Gasteiger partial charge in [-0.2, -0.15) is 0 Å². The summed E-state index contributed by atoms with van der Waals surface area (Å²) in [6, 6.07) is 12.9. The van der Waals surface area contributed by atoms with E-state index >= 15 is 0 Å². The van der Waals surface area contributed by atoms with Crippen LogP contribution in [0.25, 0.3) is 0 Å². The topological polar surface area (TPSA) is 102 Å². The second kappa shape index (κ2) is 11.4. The Labute approximate surface area is 181 Å². The number of carbonyl (C=O) groups is 4. The van der Waals surface area contributed by atoms with E-state index in [9.17, 15) is 19.2 Å². The Morgan fingerprint density at radius 1 is 0.903 bits per heavy atom. The van der Waals surface area contributed by atoms with Crippen LogP contribution in [0.3, 0.4) is 0 Å². The van der Waals surface area contributed by atoms with Gasteiger partial charge in [-0.05, 0) is 62.7 Å². The van der Waals surface area contributed by atoms with Crippen molar-refractivity contribution in [2.75, 3.05) is 17.2 Å². The van der Waals surface area contributed by atoms with Crippen molar-refractivity contribution >= 4 is 34.9 Å². The van der Waals surface area contributed by atoms with Crippen molar-refractivity contribution in [2.45, 2.75) is 33.6 Å². The molecular formula is C24H26N2O5. The van der Waals surface area contributed by atoms with Crippen molar-refractivity contribution < 1.29 is 23.9 Å². The maximum absolute atomic E-state index is 12.3. The minimum absolute atomic E-state index is 0.0658. The number of hydrogen-bond donors (Lipinski definition) is 2. The number of Topliss-reactive ketones (excluding diaryl/α,β-unsaturated/α-hetero) is 1. The fourth-order valence-corrected chi connectivity index (χ4v) is 2.57. The van der Waals surface area contributed by atoms with Crippen LogP contribution in [0.5, 0.6) is 0 Å². The number of rotatable bonds is 9. The average Bonchev–Trinajstić information content (AvgIpc) is 2.74. The van der Waals surface area contributed by atoms with Crippen LogP contribution in [-0.4, -0.2) is 30.2 Å². The molecule has 0 aliphatic heterocycles. The molecule has 0 aromatic heterocycles. The van der Waals surface area contributed by atoms with E-state index in [0.717, 1.165) is 12.8 Å². The van der Waals surface area contributed by atoms with Crippen molar-refractivity contribution in [1.29, 1.82) is 0 Å². The number of ketones is 1. The molecule has 0 atom stereocenters. The molecule has 2 aromatic rings. The quantitative estimate of drug-likeness (QED) is 0.270. The average molecular weight is 422 g/mol. The summed E-state index contributed by atoms with van der Waals surface area (Å²) in [6.07, 6.45) is 2.88. The van der Waals surface area contributed by atoms with E-state index in [1.165, 1.54) is 26.0 Å². The number of anilines is 2. The molecule has 2 rings (SSSR count). The summed E-state index contributed by atoms with van der Waals surface area (Å²) >= 11 is 0. The molecule has 0 fully saturated rings. The summed E-state index contributed by atoms with van der Waals surface area (Å²) in [6.45, 7) is 5.33. The predicted octanol–water partition coefficient (Wildman–Crippen LogP) is 4.37. The SMILES string of the molecule is CCCCOC(=O)c1cccc(NC(=O)/C=C(/C)C(=O)Nc2ccc(C(C)=O)cc2)c1. The van der Waals surface area contributed by atoms with E-state index in [2.05, 4.69) is 10.6 Å². The standard InChI is InChI=1S/C24H26N2O5/c1-4-5-13-31-24(30)19-7-6-8-21(15-19)25-22(28)14-16(2)23(29)26-20-11-9-18(10-12-20)17(3)27/h6-12,14-15H,4-5,13H2,1-3H3,(H,25,28)(H,26,29)/b16-14-. The first-order valence-corrected chi connectivity index (χ1v) is 9.99. The summed E-state index contributed by atoms with van der Waals surface area (Å²) in [4.78, 5) is 47.9. The highest BCUT2D eigenvalue weighted by molar-refractivity contribution is 6.10. The largest absolute Gasteiger partial charge is 0.462 e. The third-order valence-electron chi connectivity index (χ3n) is 4.35. The molecule has 7 nitrogen and oxygen atoms in total. The lowest BCUT2D eigenvalue weighted by atomic mass is 10.1. The van der Waals surface area contributed by atoms with E-state index in [1.807, 2.05) is 6.92 Å². The molecule has 0 saturated heterocycles. The van der Waals surface area contributed by atoms with E-state index in [0.29, 0.717) is 29.1 Å². The first-order chi connectivity index (χ1) is 14.8. The number of nitrogens with one attached hydrogen (secondary N) is 2. The highest BCUT2D eigenvalue weighted by Gasteiger charge is 2.11. The van der Waals surface area contributed by atoms with Gasteiger partial charge in [0, 0.05) is 28.6 Å². The molecule has 2 amide bonds. The molecule has 0 spiro atoms. The molecule has 0 aliphatic rings. The number of unbranched alkanes of at least 4 members (excludes halogenated alkanes) is 1. The van der Waals surface area contributed by atoms with Crippen LogP contribution in [0.4, 0.5) is 11.4 Å². The second-order valence-corrected chi connectivity index (χ2v) is 6.97.